The number of hydrogen-bond acceptors (Lipinski definition) is 3. The van der Waals surface area contributed by atoms with E-state index in [1.165, 1.54) is 12.1 Å². The van der Waals surface area contributed by atoms with Crippen LogP contribution in [0.25, 0.3) is 11.1 Å². The van der Waals surface area contributed by atoms with Gasteiger partial charge in [-0.1, -0.05) is 6.07 Å². The molecule has 0 aliphatic carbocycles. The lowest BCUT2D eigenvalue weighted by molar-refractivity contribution is -0.145. The minimum atomic E-state index is -4.65. The summed E-state index contributed by atoms with van der Waals surface area (Å²) in [5.74, 6) is -1.90. The summed E-state index contributed by atoms with van der Waals surface area (Å²) in [7, 11) is 0. The van der Waals surface area contributed by atoms with Gasteiger partial charge < -0.3 is 5.32 Å². The Kier molecular flexibility index (Phi) is 4.15. The molecule has 4 nitrogen and oxygen atoms in total. The molecule has 110 valence electrons. The Bertz CT molecular complexity index is 641. The van der Waals surface area contributed by atoms with Gasteiger partial charge in [-0.25, -0.2) is 14.4 Å². The van der Waals surface area contributed by atoms with E-state index < -0.39 is 17.8 Å². The second kappa shape index (κ2) is 5.86. The first-order chi connectivity index (χ1) is 9.91. The van der Waals surface area contributed by atoms with Crippen molar-refractivity contribution in [2.45, 2.75) is 12.7 Å². The Morgan fingerprint density at radius 1 is 1.19 bits per heavy atom. The van der Waals surface area contributed by atoms with Crippen LogP contribution < -0.4 is 5.32 Å². The molecule has 0 atom stereocenters. The van der Waals surface area contributed by atoms with Gasteiger partial charge in [-0.2, -0.15) is 13.2 Å². The lowest BCUT2D eigenvalue weighted by Crippen LogP contribution is -2.11. The van der Waals surface area contributed by atoms with Crippen LogP contribution in [0.3, 0.4) is 0 Å². The van der Waals surface area contributed by atoms with Crippen molar-refractivity contribution in [1.82, 2.24) is 15.3 Å². The standard InChI is InChI=1S/C13H9F4N3O/c14-11-2-1-8(4-18-7-21)3-10(11)9-5-19-12(20-6-9)13(15,16)17/h1-3,5-7H,4H2,(H,18,21). The van der Waals surface area contributed by atoms with Gasteiger partial charge in [0, 0.05) is 30.1 Å². The molecule has 2 rings (SSSR count). The molecule has 1 amide bonds. The number of rotatable bonds is 4. The van der Waals surface area contributed by atoms with Crippen LogP contribution in [-0.2, 0) is 17.5 Å². The van der Waals surface area contributed by atoms with Gasteiger partial charge in [0.05, 0.1) is 0 Å². The van der Waals surface area contributed by atoms with E-state index in [0.717, 1.165) is 18.5 Å². The van der Waals surface area contributed by atoms with Crippen molar-refractivity contribution < 1.29 is 22.4 Å². The predicted molar refractivity (Wildman–Crippen MR) is 65.3 cm³/mol. The van der Waals surface area contributed by atoms with E-state index in [0.29, 0.717) is 12.0 Å². The lowest BCUT2D eigenvalue weighted by atomic mass is 10.1. The highest BCUT2D eigenvalue weighted by molar-refractivity contribution is 5.63. The van der Waals surface area contributed by atoms with Crippen LogP contribution in [0.1, 0.15) is 11.4 Å². The van der Waals surface area contributed by atoms with Crippen molar-refractivity contribution in [1.29, 1.82) is 0 Å². The second-order valence-electron chi connectivity index (χ2n) is 4.11. The van der Waals surface area contributed by atoms with Gasteiger partial charge in [0.1, 0.15) is 5.82 Å². The van der Waals surface area contributed by atoms with Crippen LogP contribution in [0.2, 0.25) is 0 Å². The van der Waals surface area contributed by atoms with E-state index in [-0.39, 0.29) is 17.7 Å². The number of benzene rings is 1. The van der Waals surface area contributed by atoms with Crippen LogP contribution in [0.4, 0.5) is 17.6 Å². The summed E-state index contributed by atoms with van der Waals surface area (Å²) in [6.45, 7) is 0.179. The molecule has 1 heterocycles. The zero-order valence-corrected chi connectivity index (χ0v) is 10.5. The topological polar surface area (TPSA) is 54.9 Å². The third-order valence-corrected chi connectivity index (χ3v) is 2.64. The summed E-state index contributed by atoms with van der Waals surface area (Å²) in [5.41, 5.74) is 0.778. The van der Waals surface area contributed by atoms with E-state index in [2.05, 4.69) is 15.3 Å². The number of halogens is 4. The number of nitrogens with one attached hydrogen (secondary N) is 1. The molecule has 0 bridgehead atoms. The molecule has 0 radical (unpaired) electrons. The van der Waals surface area contributed by atoms with Crippen molar-refractivity contribution >= 4 is 6.41 Å². The molecule has 21 heavy (non-hydrogen) atoms. The van der Waals surface area contributed by atoms with Crippen molar-refractivity contribution in [3.8, 4) is 11.1 Å². The minimum Gasteiger partial charge on any atom is -0.355 e. The Hall–Kier alpha value is -2.51. The Morgan fingerprint density at radius 3 is 2.43 bits per heavy atom. The average molecular weight is 299 g/mol. The number of aromatic nitrogens is 2. The molecule has 1 aromatic carbocycles. The third-order valence-electron chi connectivity index (χ3n) is 2.64. The molecular weight excluding hydrogens is 290 g/mol. The molecule has 0 aliphatic rings. The molecule has 0 fully saturated rings. The summed E-state index contributed by atoms with van der Waals surface area (Å²) in [4.78, 5) is 16.6. The molecule has 0 unspecified atom stereocenters. The van der Waals surface area contributed by atoms with Gasteiger partial charge in [-0.05, 0) is 17.7 Å². The highest BCUT2D eigenvalue weighted by Gasteiger charge is 2.34. The predicted octanol–water partition coefficient (Wildman–Crippen LogP) is 2.55. The quantitative estimate of drug-likeness (QED) is 0.697. The van der Waals surface area contributed by atoms with Crippen molar-refractivity contribution in [2.75, 3.05) is 0 Å². The molecule has 1 aromatic heterocycles. The normalized spacial score (nSPS) is 11.2. The lowest BCUT2D eigenvalue weighted by Gasteiger charge is -2.08. The van der Waals surface area contributed by atoms with Gasteiger partial charge in [0.2, 0.25) is 12.2 Å². The molecular formula is C13H9F4N3O. The summed E-state index contributed by atoms with van der Waals surface area (Å²) in [5, 5.41) is 2.41. The SMILES string of the molecule is O=CNCc1ccc(F)c(-c2cnc(C(F)(F)F)nc2)c1. The fraction of sp³-hybridized carbons (Fsp3) is 0.154. The first kappa shape index (κ1) is 14.9. The number of amides is 1. The number of carbonyl (C=O) groups is 1. The Balaban J connectivity index is 2.34. The zero-order valence-electron chi connectivity index (χ0n) is 10.5. The van der Waals surface area contributed by atoms with E-state index in [9.17, 15) is 22.4 Å². The van der Waals surface area contributed by atoms with Gasteiger partial charge in [0.15, 0.2) is 0 Å². The molecule has 0 saturated carbocycles. The monoisotopic (exact) mass is 299 g/mol. The maximum atomic E-state index is 13.7. The number of nitrogens with zero attached hydrogens (tertiary/aromatic N) is 2. The van der Waals surface area contributed by atoms with Gasteiger partial charge in [0.25, 0.3) is 0 Å². The minimum absolute atomic E-state index is 0.0638. The highest BCUT2D eigenvalue weighted by atomic mass is 19.4. The number of hydrogen-bond donors (Lipinski definition) is 1. The van der Waals surface area contributed by atoms with Crippen molar-refractivity contribution in [2.24, 2.45) is 0 Å². The smallest absolute Gasteiger partial charge is 0.355 e. The third kappa shape index (κ3) is 3.53. The first-order valence-electron chi connectivity index (χ1n) is 5.77. The average Bonchev–Trinajstić information content (AvgIpc) is 2.46. The van der Waals surface area contributed by atoms with Gasteiger partial charge in [-0.3, -0.25) is 4.79 Å². The van der Waals surface area contributed by atoms with E-state index in [4.69, 9.17) is 0 Å². The number of carbonyl (C=O) groups excluding carboxylic acids is 1. The fourth-order valence-electron chi connectivity index (χ4n) is 1.68. The van der Waals surface area contributed by atoms with Crippen molar-refractivity contribution in [3.63, 3.8) is 0 Å². The fourth-order valence-corrected chi connectivity index (χ4v) is 1.68. The van der Waals surface area contributed by atoms with Gasteiger partial charge in [-0.15, -0.1) is 0 Å². The molecule has 1 N–H and O–H groups in total. The molecule has 0 aliphatic heterocycles. The Labute approximate surface area is 116 Å². The summed E-state index contributed by atoms with van der Waals surface area (Å²) < 4.78 is 50.8. The summed E-state index contributed by atoms with van der Waals surface area (Å²) >= 11 is 0. The largest absolute Gasteiger partial charge is 0.451 e. The molecule has 8 heteroatoms. The van der Waals surface area contributed by atoms with E-state index in [1.54, 1.807) is 0 Å². The van der Waals surface area contributed by atoms with Crippen LogP contribution >= 0.6 is 0 Å². The van der Waals surface area contributed by atoms with Gasteiger partial charge >= 0.3 is 6.18 Å². The first-order valence-corrected chi connectivity index (χ1v) is 5.77. The summed E-state index contributed by atoms with van der Waals surface area (Å²) in [6.07, 6.45) is -2.34. The molecule has 0 saturated heterocycles. The summed E-state index contributed by atoms with van der Waals surface area (Å²) in [6, 6.07) is 4.03. The highest BCUT2D eigenvalue weighted by Crippen LogP contribution is 2.28. The van der Waals surface area contributed by atoms with Crippen molar-refractivity contribution in [3.05, 3.63) is 47.8 Å². The Morgan fingerprint density at radius 2 is 1.86 bits per heavy atom. The molecule has 2 aromatic rings. The van der Waals surface area contributed by atoms with Crippen LogP contribution in [0, 0.1) is 5.82 Å². The number of alkyl halides is 3. The van der Waals surface area contributed by atoms with Crippen LogP contribution in [0.15, 0.2) is 30.6 Å². The maximum Gasteiger partial charge on any atom is 0.451 e. The van der Waals surface area contributed by atoms with E-state index in [1.807, 2.05) is 0 Å². The second-order valence-corrected chi connectivity index (χ2v) is 4.11. The van der Waals surface area contributed by atoms with E-state index >= 15 is 0 Å². The molecule has 0 spiro atoms. The van der Waals surface area contributed by atoms with Crippen LogP contribution in [0.5, 0.6) is 0 Å². The maximum absolute atomic E-state index is 13.7. The zero-order chi connectivity index (χ0) is 15.5. The van der Waals surface area contributed by atoms with Crippen LogP contribution in [-0.4, -0.2) is 16.4 Å².